The summed E-state index contributed by atoms with van der Waals surface area (Å²) in [6.07, 6.45) is 3.76. The van der Waals surface area contributed by atoms with Gasteiger partial charge in [-0.1, -0.05) is 0 Å². The second-order valence-electron chi connectivity index (χ2n) is 4.94. The van der Waals surface area contributed by atoms with Gasteiger partial charge in [0, 0.05) is 30.6 Å². The number of anilines is 1. The minimum Gasteiger partial charge on any atom is -0.497 e. The van der Waals surface area contributed by atoms with E-state index in [9.17, 15) is 4.79 Å². The van der Waals surface area contributed by atoms with Gasteiger partial charge in [-0.05, 0) is 37.1 Å². The molecule has 17 heavy (non-hydrogen) atoms. The summed E-state index contributed by atoms with van der Waals surface area (Å²) >= 11 is 0. The van der Waals surface area contributed by atoms with E-state index in [1.54, 1.807) is 7.11 Å². The average Bonchev–Trinajstić information content (AvgIpc) is 2.62. The van der Waals surface area contributed by atoms with Crippen LogP contribution in [0.3, 0.4) is 0 Å². The summed E-state index contributed by atoms with van der Waals surface area (Å²) in [6.45, 7) is 0. The number of rotatable bonds is 2. The summed E-state index contributed by atoms with van der Waals surface area (Å²) < 4.78 is 5.17. The smallest absolute Gasteiger partial charge is 0.137 e. The van der Waals surface area contributed by atoms with Crippen LogP contribution < -0.4 is 9.64 Å². The third kappa shape index (κ3) is 1.79. The largest absolute Gasteiger partial charge is 0.497 e. The number of Topliss-reactive ketones (excluding diaryl/α,β-unsaturated/α-hetero) is 1. The highest BCUT2D eigenvalue weighted by atomic mass is 16.5. The Morgan fingerprint density at radius 2 is 1.71 bits per heavy atom. The normalized spacial score (nSPS) is 27.4. The maximum absolute atomic E-state index is 11.6. The molecule has 2 aliphatic rings. The Balaban J connectivity index is 1.86. The fourth-order valence-corrected chi connectivity index (χ4v) is 3.15. The molecule has 0 aromatic heterocycles. The van der Waals surface area contributed by atoms with E-state index < -0.39 is 0 Å². The lowest BCUT2D eigenvalue weighted by molar-refractivity contribution is -0.120. The highest BCUT2D eigenvalue weighted by Gasteiger charge is 2.39. The first-order valence-electron chi connectivity index (χ1n) is 6.22. The monoisotopic (exact) mass is 231 g/mol. The molecule has 0 saturated carbocycles. The Hall–Kier alpha value is -1.51. The van der Waals surface area contributed by atoms with Gasteiger partial charge >= 0.3 is 0 Å². The first-order valence-corrected chi connectivity index (χ1v) is 6.22. The average molecular weight is 231 g/mol. The standard InChI is InChI=1S/C14H17NO2/c1-17-14-6-4-10(5-7-14)15-11-2-3-12(15)9-13(16)8-11/h4-7,11-12H,2-3,8-9H2,1H3. The van der Waals surface area contributed by atoms with Crippen molar-refractivity contribution in [2.24, 2.45) is 0 Å². The zero-order valence-corrected chi connectivity index (χ0v) is 10.1. The fraction of sp³-hybridized carbons (Fsp3) is 0.500. The van der Waals surface area contributed by atoms with Gasteiger partial charge in [0.15, 0.2) is 0 Å². The number of methoxy groups -OCH3 is 1. The number of hydrogen-bond acceptors (Lipinski definition) is 3. The molecule has 2 atom stereocenters. The molecular weight excluding hydrogens is 214 g/mol. The van der Waals surface area contributed by atoms with Gasteiger partial charge in [0.1, 0.15) is 11.5 Å². The zero-order valence-electron chi connectivity index (χ0n) is 10.1. The summed E-state index contributed by atoms with van der Waals surface area (Å²) in [5, 5.41) is 0. The van der Waals surface area contributed by atoms with Crippen molar-refractivity contribution in [3.63, 3.8) is 0 Å². The molecule has 0 N–H and O–H groups in total. The molecule has 2 fully saturated rings. The Labute approximate surface area is 101 Å². The van der Waals surface area contributed by atoms with Crippen molar-refractivity contribution in [3.05, 3.63) is 24.3 Å². The van der Waals surface area contributed by atoms with Crippen molar-refractivity contribution in [3.8, 4) is 5.75 Å². The van der Waals surface area contributed by atoms with Crippen LogP contribution in [0.2, 0.25) is 0 Å². The molecule has 2 bridgehead atoms. The van der Waals surface area contributed by atoms with Crippen molar-refractivity contribution < 1.29 is 9.53 Å². The van der Waals surface area contributed by atoms with E-state index in [4.69, 9.17) is 4.74 Å². The van der Waals surface area contributed by atoms with Crippen LogP contribution in [0.4, 0.5) is 5.69 Å². The maximum Gasteiger partial charge on any atom is 0.137 e. The third-order valence-corrected chi connectivity index (χ3v) is 3.92. The number of carbonyl (C=O) groups is 1. The molecule has 2 unspecified atom stereocenters. The molecule has 1 aromatic rings. The van der Waals surface area contributed by atoms with E-state index in [1.165, 1.54) is 5.69 Å². The van der Waals surface area contributed by atoms with E-state index in [-0.39, 0.29) is 0 Å². The molecule has 2 aliphatic heterocycles. The minimum atomic E-state index is 0.426. The molecule has 90 valence electrons. The minimum absolute atomic E-state index is 0.426. The third-order valence-electron chi connectivity index (χ3n) is 3.92. The predicted octanol–water partition coefficient (Wildman–Crippen LogP) is 2.40. The van der Waals surface area contributed by atoms with Gasteiger partial charge in [-0.15, -0.1) is 0 Å². The highest BCUT2D eigenvalue weighted by molar-refractivity contribution is 5.83. The van der Waals surface area contributed by atoms with Crippen molar-refractivity contribution in [1.29, 1.82) is 0 Å². The lowest BCUT2D eigenvalue weighted by Gasteiger charge is -2.36. The van der Waals surface area contributed by atoms with Crippen molar-refractivity contribution in [2.45, 2.75) is 37.8 Å². The van der Waals surface area contributed by atoms with Gasteiger partial charge in [-0.2, -0.15) is 0 Å². The summed E-state index contributed by atoms with van der Waals surface area (Å²) in [5.41, 5.74) is 1.23. The number of piperidine rings is 1. The van der Waals surface area contributed by atoms with Crippen molar-refractivity contribution >= 4 is 11.5 Å². The number of benzene rings is 1. The maximum atomic E-state index is 11.6. The highest BCUT2D eigenvalue weighted by Crippen LogP contribution is 2.38. The van der Waals surface area contributed by atoms with Gasteiger partial charge in [0.05, 0.1) is 7.11 Å². The molecule has 0 aliphatic carbocycles. The quantitative estimate of drug-likeness (QED) is 0.782. The lowest BCUT2D eigenvalue weighted by atomic mass is 10.0. The van der Waals surface area contributed by atoms with E-state index in [0.717, 1.165) is 31.4 Å². The van der Waals surface area contributed by atoms with Crippen LogP contribution in [-0.4, -0.2) is 25.0 Å². The number of ketones is 1. The molecular formula is C14H17NO2. The molecule has 3 heteroatoms. The summed E-state index contributed by atoms with van der Waals surface area (Å²) in [5.74, 6) is 1.32. The summed E-state index contributed by atoms with van der Waals surface area (Å²) in [6, 6.07) is 9.03. The Kier molecular flexibility index (Phi) is 2.54. The number of ether oxygens (including phenoxy) is 1. The second kappa shape index (κ2) is 4.06. The van der Waals surface area contributed by atoms with E-state index >= 15 is 0 Å². The van der Waals surface area contributed by atoms with Gasteiger partial charge in [-0.25, -0.2) is 0 Å². The predicted molar refractivity (Wildman–Crippen MR) is 66.5 cm³/mol. The van der Waals surface area contributed by atoms with Crippen LogP contribution in [0, 0.1) is 0 Å². The Morgan fingerprint density at radius 1 is 1.12 bits per heavy atom. The van der Waals surface area contributed by atoms with Gasteiger partial charge < -0.3 is 9.64 Å². The second-order valence-corrected chi connectivity index (χ2v) is 4.94. The van der Waals surface area contributed by atoms with E-state index in [2.05, 4.69) is 17.0 Å². The molecule has 0 spiro atoms. The number of fused-ring (bicyclic) bond motifs is 2. The first kappa shape index (κ1) is 10.6. The van der Waals surface area contributed by atoms with Crippen LogP contribution >= 0.6 is 0 Å². The first-order chi connectivity index (χ1) is 8.28. The lowest BCUT2D eigenvalue weighted by Crippen LogP contribution is -2.43. The van der Waals surface area contributed by atoms with Crippen LogP contribution in [0.5, 0.6) is 5.75 Å². The Bertz CT molecular complexity index is 410. The number of hydrogen-bond donors (Lipinski definition) is 0. The summed E-state index contributed by atoms with van der Waals surface area (Å²) in [4.78, 5) is 14.0. The van der Waals surface area contributed by atoms with Crippen LogP contribution in [0.1, 0.15) is 25.7 Å². The Morgan fingerprint density at radius 3 is 2.24 bits per heavy atom. The zero-order chi connectivity index (χ0) is 11.8. The molecule has 2 heterocycles. The van der Waals surface area contributed by atoms with Gasteiger partial charge in [0.2, 0.25) is 0 Å². The van der Waals surface area contributed by atoms with E-state index in [1.807, 2.05) is 12.1 Å². The van der Waals surface area contributed by atoms with Gasteiger partial charge in [0.25, 0.3) is 0 Å². The van der Waals surface area contributed by atoms with Gasteiger partial charge in [-0.3, -0.25) is 4.79 Å². The van der Waals surface area contributed by atoms with Crippen LogP contribution in [0.15, 0.2) is 24.3 Å². The molecule has 3 rings (SSSR count). The molecule has 0 amide bonds. The topological polar surface area (TPSA) is 29.5 Å². The SMILES string of the molecule is COc1ccc(N2C3CCC2CC(=O)C3)cc1. The molecule has 1 aromatic carbocycles. The van der Waals surface area contributed by atoms with Crippen LogP contribution in [-0.2, 0) is 4.79 Å². The summed E-state index contributed by atoms with van der Waals surface area (Å²) in [7, 11) is 1.68. The van der Waals surface area contributed by atoms with Crippen molar-refractivity contribution in [1.82, 2.24) is 0 Å². The van der Waals surface area contributed by atoms with Crippen LogP contribution in [0.25, 0.3) is 0 Å². The number of nitrogens with zero attached hydrogens (tertiary/aromatic N) is 1. The molecule has 0 radical (unpaired) electrons. The number of carbonyl (C=O) groups excluding carboxylic acids is 1. The molecule has 3 nitrogen and oxygen atoms in total. The fourth-order valence-electron chi connectivity index (χ4n) is 3.15. The van der Waals surface area contributed by atoms with Crippen molar-refractivity contribution in [2.75, 3.05) is 12.0 Å². The van der Waals surface area contributed by atoms with E-state index in [0.29, 0.717) is 17.9 Å². The molecule has 2 saturated heterocycles.